The summed E-state index contributed by atoms with van der Waals surface area (Å²) in [6.45, 7) is 0. The van der Waals surface area contributed by atoms with Gasteiger partial charge in [-0.3, -0.25) is 0 Å². The maximum Gasteiger partial charge on any atom is 0.0789 e. The summed E-state index contributed by atoms with van der Waals surface area (Å²) < 4.78 is 0. The van der Waals surface area contributed by atoms with Gasteiger partial charge in [-0.15, -0.1) is 0 Å². The van der Waals surface area contributed by atoms with E-state index >= 15 is 0 Å². The van der Waals surface area contributed by atoms with Crippen molar-refractivity contribution in [1.82, 2.24) is 0 Å². The molecule has 13 heavy (non-hydrogen) atoms. The quantitative estimate of drug-likeness (QED) is 0.654. The van der Waals surface area contributed by atoms with Crippen LogP contribution in [-0.4, -0.2) is 11.2 Å². The van der Waals surface area contributed by atoms with E-state index in [9.17, 15) is 5.11 Å². The number of aliphatic hydroxyl groups is 1. The minimum absolute atomic E-state index is 0.168. The zero-order valence-electron chi connectivity index (χ0n) is 8.13. The van der Waals surface area contributed by atoms with E-state index in [2.05, 4.69) is 12.2 Å². The third kappa shape index (κ3) is 2.02. The normalized spacial score (nSPS) is 29.5. The number of aliphatic hydroxyl groups excluding tert-OH is 1. The van der Waals surface area contributed by atoms with Crippen molar-refractivity contribution in [3.8, 4) is 0 Å². The van der Waals surface area contributed by atoms with Crippen molar-refractivity contribution in [2.24, 2.45) is 0 Å². The highest BCUT2D eigenvalue weighted by Crippen LogP contribution is 2.30. The van der Waals surface area contributed by atoms with Crippen LogP contribution in [0.1, 0.15) is 44.9 Å². The van der Waals surface area contributed by atoms with Crippen LogP contribution in [0.2, 0.25) is 0 Å². The van der Waals surface area contributed by atoms with Crippen LogP contribution in [0.15, 0.2) is 23.3 Å². The smallest absolute Gasteiger partial charge is 0.0789 e. The Hall–Kier alpha value is -0.560. The molecule has 0 aliphatic heterocycles. The van der Waals surface area contributed by atoms with Crippen molar-refractivity contribution in [2.75, 3.05) is 0 Å². The molecule has 1 nitrogen and oxygen atoms in total. The summed E-state index contributed by atoms with van der Waals surface area (Å²) >= 11 is 0. The van der Waals surface area contributed by atoms with Crippen molar-refractivity contribution in [3.05, 3.63) is 23.3 Å². The summed E-state index contributed by atoms with van der Waals surface area (Å²) in [6, 6.07) is 0. The molecule has 1 unspecified atom stereocenters. The molecule has 0 amide bonds. The summed E-state index contributed by atoms with van der Waals surface area (Å²) in [5.41, 5.74) is 2.67. The molecule has 0 bridgehead atoms. The van der Waals surface area contributed by atoms with E-state index in [1.807, 2.05) is 0 Å². The van der Waals surface area contributed by atoms with Crippen LogP contribution in [0.4, 0.5) is 0 Å². The van der Waals surface area contributed by atoms with E-state index < -0.39 is 0 Å². The number of hydrogen-bond acceptors (Lipinski definition) is 1. The van der Waals surface area contributed by atoms with Gasteiger partial charge in [-0.05, 0) is 56.1 Å². The minimum Gasteiger partial charge on any atom is -0.388 e. The third-order valence-electron chi connectivity index (χ3n) is 3.07. The van der Waals surface area contributed by atoms with Gasteiger partial charge < -0.3 is 5.11 Å². The highest BCUT2D eigenvalue weighted by Gasteiger charge is 2.18. The van der Waals surface area contributed by atoms with Gasteiger partial charge in [0.05, 0.1) is 6.10 Å². The first-order valence-corrected chi connectivity index (χ1v) is 5.45. The maximum atomic E-state index is 9.81. The Morgan fingerprint density at radius 3 is 2.62 bits per heavy atom. The largest absolute Gasteiger partial charge is 0.388 e. The van der Waals surface area contributed by atoms with Crippen molar-refractivity contribution in [3.63, 3.8) is 0 Å². The van der Waals surface area contributed by atoms with Gasteiger partial charge in [0.15, 0.2) is 0 Å². The molecule has 2 aliphatic carbocycles. The molecule has 2 aliphatic rings. The minimum atomic E-state index is -0.168. The lowest BCUT2D eigenvalue weighted by Crippen LogP contribution is -2.16. The summed E-state index contributed by atoms with van der Waals surface area (Å²) in [4.78, 5) is 0. The van der Waals surface area contributed by atoms with E-state index in [1.165, 1.54) is 36.8 Å². The Balaban J connectivity index is 2.13. The van der Waals surface area contributed by atoms with Gasteiger partial charge in [-0.25, -0.2) is 0 Å². The lowest BCUT2D eigenvalue weighted by atomic mass is 9.85. The Labute approximate surface area is 80.2 Å². The van der Waals surface area contributed by atoms with Crippen LogP contribution in [0.5, 0.6) is 0 Å². The van der Waals surface area contributed by atoms with Gasteiger partial charge in [-0.1, -0.05) is 12.2 Å². The second kappa shape index (κ2) is 4.10. The maximum absolute atomic E-state index is 9.81. The van der Waals surface area contributed by atoms with Crippen molar-refractivity contribution in [1.29, 1.82) is 0 Å². The Kier molecular flexibility index (Phi) is 2.84. The van der Waals surface area contributed by atoms with Gasteiger partial charge >= 0.3 is 0 Å². The van der Waals surface area contributed by atoms with E-state index in [0.717, 1.165) is 19.3 Å². The van der Waals surface area contributed by atoms with Crippen LogP contribution in [-0.2, 0) is 0 Å². The first-order chi connectivity index (χ1) is 6.38. The Morgan fingerprint density at radius 2 is 1.92 bits per heavy atom. The fourth-order valence-corrected chi connectivity index (χ4v) is 2.31. The second-order valence-electron chi connectivity index (χ2n) is 4.08. The first kappa shape index (κ1) is 9.01. The molecule has 0 aromatic heterocycles. The summed E-state index contributed by atoms with van der Waals surface area (Å²) in [6.07, 6.45) is 12.7. The summed E-state index contributed by atoms with van der Waals surface area (Å²) in [7, 11) is 0. The van der Waals surface area contributed by atoms with Gasteiger partial charge in [-0.2, -0.15) is 0 Å². The van der Waals surface area contributed by atoms with Crippen molar-refractivity contribution < 1.29 is 5.11 Å². The van der Waals surface area contributed by atoms with Crippen molar-refractivity contribution >= 4 is 0 Å². The molecule has 0 aromatic carbocycles. The molecule has 0 aromatic rings. The molecule has 0 heterocycles. The molecule has 2 rings (SSSR count). The monoisotopic (exact) mass is 178 g/mol. The average Bonchev–Trinajstić information content (AvgIpc) is 2.20. The second-order valence-corrected chi connectivity index (χ2v) is 4.08. The topological polar surface area (TPSA) is 20.2 Å². The summed E-state index contributed by atoms with van der Waals surface area (Å²) in [5.74, 6) is 0. The molecule has 1 atom stereocenters. The molecule has 0 saturated carbocycles. The van der Waals surface area contributed by atoms with Crippen LogP contribution >= 0.6 is 0 Å². The molecular weight excluding hydrogens is 160 g/mol. The predicted octanol–water partition coefficient (Wildman–Crippen LogP) is 2.96. The van der Waals surface area contributed by atoms with E-state index in [1.54, 1.807) is 0 Å². The molecule has 0 fully saturated rings. The number of allylic oxidation sites excluding steroid dienone is 2. The number of hydrogen-bond donors (Lipinski definition) is 1. The molecule has 1 heteroatoms. The van der Waals surface area contributed by atoms with Crippen LogP contribution in [0, 0.1) is 0 Å². The fourth-order valence-electron chi connectivity index (χ4n) is 2.31. The van der Waals surface area contributed by atoms with Crippen LogP contribution < -0.4 is 0 Å². The number of rotatable bonds is 1. The fraction of sp³-hybridized carbons (Fsp3) is 0.667. The van der Waals surface area contributed by atoms with E-state index in [0.29, 0.717) is 0 Å². The molecule has 72 valence electrons. The zero-order valence-corrected chi connectivity index (χ0v) is 8.13. The SMILES string of the molecule is OC1CCCC=C1C1=CCCCC1. The van der Waals surface area contributed by atoms with Crippen molar-refractivity contribution in [2.45, 2.75) is 51.0 Å². The Bertz CT molecular complexity index is 238. The third-order valence-corrected chi connectivity index (χ3v) is 3.07. The van der Waals surface area contributed by atoms with Gasteiger partial charge in [0.25, 0.3) is 0 Å². The molecule has 0 saturated heterocycles. The molecular formula is C12H18O. The summed E-state index contributed by atoms with van der Waals surface area (Å²) in [5, 5.41) is 9.81. The lowest BCUT2D eigenvalue weighted by molar-refractivity contribution is 0.192. The molecule has 0 spiro atoms. The van der Waals surface area contributed by atoms with Gasteiger partial charge in [0, 0.05) is 0 Å². The van der Waals surface area contributed by atoms with E-state index in [4.69, 9.17) is 0 Å². The Morgan fingerprint density at radius 1 is 1.08 bits per heavy atom. The average molecular weight is 178 g/mol. The zero-order chi connectivity index (χ0) is 9.10. The molecule has 1 N–H and O–H groups in total. The lowest BCUT2D eigenvalue weighted by Gasteiger charge is -2.23. The van der Waals surface area contributed by atoms with Crippen LogP contribution in [0.3, 0.4) is 0 Å². The highest BCUT2D eigenvalue weighted by atomic mass is 16.3. The van der Waals surface area contributed by atoms with Crippen LogP contribution in [0.25, 0.3) is 0 Å². The van der Waals surface area contributed by atoms with Gasteiger partial charge in [0.1, 0.15) is 0 Å². The first-order valence-electron chi connectivity index (χ1n) is 5.45. The standard InChI is InChI=1S/C12H18O/c13-12-9-5-4-8-11(12)10-6-2-1-3-7-10/h6,8,12-13H,1-5,7,9H2. The predicted molar refractivity (Wildman–Crippen MR) is 54.5 cm³/mol. The van der Waals surface area contributed by atoms with Gasteiger partial charge in [0.2, 0.25) is 0 Å². The highest BCUT2D eigenvalue weighted by molar-refractivity contribution is 5.35. The van der Waals surface area contributed by atoms with E-state index in [-0.39, 0.29) is 6.10 Å². The molecule has 0 radical (unpaired) electrons.